The van der Waals surface area contributed by atoms with E-state index in [0.717, 1.165) is 49.6 Å². The molecule has 0 saturated carbocycles. The number of alkyl halides is 3. The number of carbonyl (C=O) groups is 1. The van der Waals surface area contributed by atoms with E-state index in [2.05, 4.69) is 27.5 Å². The Morgan fingerprint density at radius 2 is 1.82 bits per heavy atom. The van der Waals surface area contributed by atoms with Crippen molar-refractivity contribution in [2.75, 3.05) is 55.3 Å². The molecule has 1 saturated heterocycles. The third-order valence-corrected chi connectivity index (χ3v) is 5.51. The number of likely N-dealkylation sites (N-methyl/N-ethyl adjacent to an activating group) is 1. The highest BCUT2D eigenvalue weighted by molar-refractivity contribution is 5.91. The molecule has 0 radical (unpaired) electrons. The van der Waals surface area contributed by atoms with Crippen LogP contribution < -0.4 is 15.5 Å². The molecule has 0 unspecified atom stereocenters. The van der Waals surface area contributed by atoms with Gasteiger partial charge in [-0.3, -0.25) is 14.9 Å². The first-order valence-corrected chi connectivity index (χ1v) is 10.5. The van der Waals surface area contributed by atoms with Crippen LogP contribution in [0, 0.1) is 17.0 Å². The fourth-order valence-electron chi connectivity index (χ4n) is 3.68. The zero-order valence-electron chi connectivity index (χ0n) is 18.4. The molecule has 1 fully saturated rings. The lowest BCUT2D eigenvalue weighted by molar-refractivity contribution is -0.384. The Morgan fingerprint density at radius 1 is 1.12 bits per heavy atom. The molecule has 2 aromatic rings. The van der Waals surface area contributed by atoms with Crippen molar-refractivity contribution >= 4 is 28.7 Å². The molecule has 8 nitrogen and oxygen atoms in total. The number of hydrogen-bond donors (Lipinski definition) is 2. The number of hydrogen-bond acceptors (Lipinski definition) is 6. The van der Waals surface area contributed by atoms with Gasteiger partial charge in [0.05, 0.1) is 10.5 Å². The number of nitro benzene ring substituents is 1. The highest BCUT2D eigenvalue weighted by atomic mass is 19.4. The summed E-state index contributed by atoms with van der Waals surface area (Å²) in [6, 6.07) is 7.93. The molecule has 1 aliphatic heterocycles. The van der Waals surface area contributed by atoms with E-state index >= 15 is 0 Å². The average Bonchev–Trinajstić information content (AvgIpc) is 2.74. The third kappa shape index (κ3) is 6.35. The zero-order valence-corrected chi connectivity index (χ0v) is 18.4. The number of nitrogens with one attached hydrogen (secondary N) is 2. The normalized spacial score (nSPS) is 14.8. The van der Waals surface area contributed by atoms with Crippen LogP contribution in [-0.2, 0) is 11.0 Å². The minimum atomic E-state index is -4.68. The number of rotatable bonds is 7. The van der Waals surface area contributed by atoms with E-state index in [1.165, 1.54) is 0 Å². The molecular weight excluding hydrogens is 439 g/mol. The molecule has 0 aliphatic carbocycles. The van der Waals surface area contributed by atoms with Crippen LogP contribution in [0.3, 0.4) is 0 Å². The lowest BCUT2D eigenvalue weighted by Gasteiger charge is -2.35. The SMILES string of the molecule is Cc1cc(NC(=O)CCNc2ccc(C(F)(F)F)cc2[N+](=O)[O-])ccc1N1CCN(C)CC1. The van der Waals surface area contributed by atoms with Crippen molar-refractivity contribution in [3.63, 3.8) is 0 Å². The Labute approximate surface area is 189 Å². The topological polar surface area (TPSA) is 90.7 Å². The summed E-state index contributed by atoms with van der Waals surface area (Å²) in [5.74, 6) is -0.316. The van der Waals surface area contributed by atoms with Gasteiger partial charge < -0.3 is 20.4 Å². The van der Waals surface area contributed by atoms with E-state index in [4.69, 9.17) is 0 Å². The monoisotopic (exact) mass is 465 g/mol. The largest absolute Gasteiger partial charge is 0.416 e. The third-order valence-electron chi connectivity index (χ3n) is 5.51. The highest BCUT2D eigenvalue weighted by Gasteiger charge is 2.33. The molecule has 1 aliphatic rings. The van der Waals surface area contributed by atoms with Gasteiger partial charge in [-0.1, -0.05) is 0 Å². The standard InChI is InChI=1S/C22H26F3N5O3/c1-15-13-17(4-6-19(15)29-11-9-28(2)10-12-29)27-21(31)7-8-26-18-5-3-16(22(23,24)25)14-20(18)30(32)33/h3-6,13-14,26H,7-12H2,1-2H3,(H,27,31). The van der Waals surface area contributed by atoms with Crippen LogP contribution in [0.4, 0.5) is 35.9 Å². The van der Waals surface area contributed by atoms with Gasteiger partial charge in [0.1, 0.15) is 5.69 Å². The van der Waals surface area contributed by atoms with Crippen LogP contribution in [0.1, 0.15) is 17.5 Å². The maximum atomic E-state index is 12.8. The number of anilines is 3. The summed E-state index contributed by atoms with van der Waals surface area (Å²) in [6.07, 6.45) is -4.70. The number of aryl methyl sites for hydroxylation is 1. The van der Waals surface area contributed by atoms with Crippen molar-refractivity contribution in [1.82, 2.24) is 4.90 Å². The minimum Gasteiger partial charge on any atom is -0.379 e. The molecule has 2 N–H and O–H groups in total. The van der Waals surface area contributed by atoms with E-state index in [1.54, 1.807) is 0 Å². The fourth-order valence-corrected chi connectivity index (χ4v) is 3.68. The van der Waals surface area contributed by atoms with Crippen molar-refractivity contribution in [1.29, 1.82) is 0 Å². The van der Waals surface area contributed by atoms with Crippen molar-refractivity contribution in [3.8, 4) is 0 Å². The minimum absolute atomic E-state index is 0.0164. The summed E-state index contributed by atoms with van der Waals surface area (Å²) < 4.78 is 38.4. The predicted molar refractivity (Wildman–Crippen MR) is 121 cm³/mol. The Bertz CT molecular complexity index is 1020. The summed E-state index contributed by atoms with van der Waals surface area (Å²) in [4.78, 5) is 27.1. The summed E-state index contributed by atoms with van der Waals surface area (Å²) in [5, 5.41) is 16.6. The Hall–Kier alpha value is -3.34. The van der Waals surface area contributed by atoms with E-state index in [9.17, 15) is 28.1 Å². The van der Waals surface area contributed by atoms with Gasteiger partial charge in [-0.2, -0.15) is 13.2 Å². The summed E-state index contributed by atoms with van der Waals surface area (Å²) in [5.41, 5.74) is 0.922. The Kier molecular flexibility index (Phi) is 7.42. The maximum absolute atomic E-state index is 12.8. The summed E-state index contributed by atoms with van der Waals surface area (Å²) >= 11 is 0. The van der Waals surface area contributed by atoms with Gasteiger partial charge >= 0.3 is 6.18 Å². The Morgan fingerprint density at radius 3 is 2.42 bits per heavy atom. The molecule has 0 aromatic heterocycles. The quantitative estimate of drug-likeness (QED) is 0.472. The van der Waals surface area contributed by atoms with E-state index in [0.29, 0.717) is 11.8 Å². The lowest BCUT2D eigenvalue weighted by Crippen LogP contribution is -2.44. The van der Waals surface area contributed by atoms with Gasteiger partial charge in [-0.25, -0.2) is 0 Å². The van der Waals surface area contributed by atoms with E-state index in [1.807, 2.05) is 25.1 Å². The average molecular weight is 465 g/mol. The van der Waals surface area contributed by atoms with E-state index < -0.39 is 22.4 Å². The lowest BCUT2D eigenvalue weighted by atomic mass is 10.1. The zero-order chi connectivity index (χ0) is 24.2. The van der Waals surface area contributed by atoms with Crippen LogP contribution in [0.25, 0.3) is 0 Å². The van der Waals surface area contributed by atoms with Gasteiger partial charge in [0.15, 0.2) is 0 Å². The molecule has 33 heavy (non-hydrogen) atoms. The molecule has 0 bridgehead atoms. The number of nitrogens with zero attached hydrogens (tertiary/aromatic N) is 3. The van der Waals surface area contributed by atoms with Crippen LogP contribution in [0.2, 0.25) is 0 Å². The second-order valence-corrected chi connectivity index (χ2v) is 8.00. The van der Waals surface area contributed by atoms with Crippen LogP contribution in [-0.4, -0.2) is 55.5 Å². The molecular formula is C22H26F3N5O3. The first-order valence-electron chi connectivity index (χ1n) is 10.5. The van der Waals surface area contributed by atoms with Crippen LogP contribution in [0.15, 0.2) is 36.4 Å². The molecule has 2 aromatic carbocycles. The van der Waals surface area contributed by atoms with Crippen molar-refractivity contribution in [2.45, 2.75) is 19.5 Å². The van der Waals surface area contributed by atoms with E-state index in [-0.39, 0.29) is 24.6 Å². The van der Waals surface area contributed by atoms with Gasteiger partial charge in [-0.15, -0.1) is 0 Å². The second-order valence-electron chi connectivity index (χ2n) is 8.00. The van der Waals surface area contributed by atoms with Gasteiger partial charge in [-0.05, 0) is 49.9 Å². The molecule has 0 spiro atoms. The molecule has 0 atom stereocenters. The Balaban J connectivity index is 1.56. The van der Waals surface area contributed by atoms with Crippen LogP contribution >= 0.6 is 0 Å². The molecule has 178 valence electrons. The number of piperazine rings is 1. The maximum Gasteiger partial charge on any atom is 0.416 e. The van der Waals surface area contributed by atoms with Gasteiger partial charge in [0, 0.05) is 56.6 Å². The van der Waals surface area contributed by atoms with Crippen LogP contribution in [0.5, 0.6) is 0 Å². The summed E-state index contributed by atoms with van der Waals surface area (Å²) in [6.45, 7) is 5.85. The highest BCUT2D eigenvalue weighted by Crippen LogP contribution is 2.35. The molecule has 1 heterocycles. The number of carbonyl (C=O) groups excluding carboxylic acids is 1. The predicted octanol–water partition coefficient (Wildman–Crippen LogP) is 4.11. The number of halogens is 3. The molecule has 3 rings (SSSR count). The number of amides is 1. The molecule has 11 heteroatoms. The van der Waals surface area contributed by atoms with Crippen molar-refractivity contribution < 1.29 is 22.9 Å². The number of nitro groups is 1. The van der Waals surface area contributed by atoms with Gasteiger partial charge in [0.25, 0.3) is 5.69 Å². The fraction of sp³-hybridized carbons (Fsp3) is 0.409. The van der Waals surface area contributed by atoms with Crippen molar-refractivity contribution in [2.24, 2.45) is 0 Å². The first kappa shape index (κ1) is 24.3. The first-order chi connectivity index (χ1) is 15.5. The smallest absolute Gasteiger partial charge is 0.379 e. The summed E-state index contributed by atoms with van der Waals surface area (Å²) in [7, 11) is 2.09. The van der Waals surface area contributed by atoms with Crippen molar-refractivity contribution in [3.05, 3.63) is 57.6 Å². The molecule has 1 amide bonds. The van der Waals surface area contributed by atoms with Gasteiger partial charge in [0.2, 0.25) is 5.91 Å². The second kappa shape index (κ2) is 10.1. The number of benzene rings is 2.